The van der Waals surface area contributed by atoms with Crippen LogP contribution in [0.5, 0.6) is 0 Å². The van der Waals surface area contributed by atoms with E-state index in [9.17, 15) is 4.39 Å². The van der Waals surface area contributed by atoms with Gasteiger partial charge in [0.1, 0.15) is 17.5 Å². The molecule has 0 atom stereocenters. The van der Waals surface area contributed by atoms with Gasteiger partial charge in [-0.1, -0.05) is 31.9 Å². The molecule has 0 aromatic carbocycles. The van der Waals surface area contributed by atoms with E-state index in [1.807, 2.05) is 25.2 Å². The molecule has 0 unspecified atom stereocenters. The Kier molecular flexibility index (Phi) is 8.74. The van der Waals surface area contributed by atoms with E-state index in [1.54, 1.807) is 47.1 Å². The Morgan fingerprint density at radius 3 is 1.90 bits per heavy atom. The van der Waals surface area contributed by atoms with Crippen molar-refractivity contribution in [2.45, 2.75) is 0 Å². The Morgan fingerprint density at radius 2 is 1.48 bits per heavy atom. The molecular weight excluding hydrogens is 507 g/mol. The molecule has 3 N–H and O–H groups in total. The third-order valence-corrected chi connectivity index (χ3v) is 4.33. The molecule has 0 aliphatic carbocycles. The predicted octanol–water partition coefficient (Wildman–Crippen LogP) is 4.31. The summed E-state index contributed by atoms with van der Waals surface area (Å²) < 4.78 is 17.1. The SMILES string of the molecule is Cn1nccc1N.Cn1nccc1Nc1cc(Br)ccn1.Fc1cc(Br)ccn1. The highest BCUT2D eigenvalue weighted by Gasteiger charge is 1.99. The van der Waals surface area contributed by atoms with E-state index in [0.717, 1.165) is 16.1 Å². The van der Waals surface area contributed by atoms with Gasteiger partial charge in [-0.2, -0.15) is 14.6 Å². The van der Waals surface area contributed by atoms with Crippen molar-refractivity contribution in [1.29, 1.82) is 0 Å². The highest BCUT2D eigenvalue weighted by Crippen LogP contribution is 2.16. The van der Waals surface area contributed by atoms with Crippen LogP contribution in [0.25, 0.3) is 0 Å². The first kappa shape index (κ1) is 22.5. The van der Waals surface area contributed by atoms with Gasteiger partial charge in [-0.15, -0.1) is 0 Å². The average molecular weight is 526 g/mol. The second-order valence-corrected chi connectivity index (χ2v) is 7.33. The van der Waals surface area contributed by atoms with Gasteiger partial charge in [-0.25, -0.2) is 9.97 Å². The lowest BCUT2D eigenvalue weighted by molar-refractivity contribution is 0.583. The lowest BCUT2D eigenvalue weighted by atomic mass is 10.4. The first-order valence-electron chi connectivity index (χ1n) is 8.22. The predicted molar refractivity (Wildman–Crippen MR) is 118 cm³/mol. The zero-order chi connectivity index (χ0) is 21.2. The maximum Gasteiger partial charge on any atom is 0.213 e. The van der Waals surface area contributed by atoms with Gasteiger partial charge in [0.2, 0.25) is 5.95 Å². The van der Waals surface area contributed by atoms with Gasteiger partial charge in [-0.3, -0.25) is 9.36 Å². The smallest absolute Gasteiger partial charge is 0.213 e. The lowest BCUT2D eigenvalue weighted by Gasteiger charge is -2.04. The van der Waals surface area contributed by atoms with E-state index in [2.05, 4.69) is 57.3 Å². The number of anilines is 3. The third-order valence-electron chi connectivity index (χ3n) is 3.35. The van der Waals surface area contributed by atoms with E-state index in [4.69, 9.17) is 5.73 Å². The summed E-state index contributed by atoms with van der Waals surface area (Å²) in [5.74, 6) is 1.94. The van der Waals surface area contributed by atoms with Crippen LogP contribution in [0.2, 0.25) is 0 Å². The van der Waals surface area contributed by atoms with Gasteiger partial charge < -0.3 is 11.1 Å². The molecule has 0 radical (unpaired) electrons. The number of hydrogen-bond acceptors (Lipinski definition) is 6. The minimum absolute atomic E-state index is 0.459. The maximum absolute atomic E-state index is 12.0. The number of nitrogen functional groups attached to an aromatic ring is 1. The molecular formula is C18H19Br2FN8. The molecule has 0 amide bonds. The molecule has 152 valence electrons. The van der Waals surface area contributed by atoms with Gasteiger partial charge >= 0.3 is 0 Å². The Balaban J connectivity index is 0.000000170. The van der Waals surface area contributed by atoms with Crippen molar-refractivity contribution in [1.82, 2.24) is 29.5 Å². The standard InChI is InChI=1S/C9H9BrN4.C5H3BrFN.C4H7N3/c1-14-9(3-5-12-14)13-8-6-7(10)2-4-11-8;6-4-1-2-8-5(7)3-4;1-7-4(5)2-3-6-7/h2-6H,1H3,(H,11,13);1-3H;2-3H,5H2,1H3. The van der Waals surface area contributed by atoms with Crippen molar-refractivity contribution < 1.29 is 4.39 Å². The van der Waals surface area contributed by atoms with Crippen LogP contribution in [0.1, 0.15) is 0 Å². The van der Waals surface area contributed by atoms with Crippen molar-refractivity contribution in [2.24, 2.45) is 14.1 Å². The molecule has 4 aromatic rings. The van der Waals surface area contributed by atoms with E-state index >= 15 is 0 Å². The van der Waals surface area contributed by atoms with E-state index in [0.29, 0.717) is 10.3 Å². The molecule has 29 heavy (non-hydrogen) atoms. The van der Waals surface area contributed by atoms with Crippen LogP contribution in [-0.2, 0) is 14.1 Å². The Bertz CT molecular complexity index is 1000. The molecule has 0 aliphatic rings. The minimum atomic E-state index is -0.459. The summed E-state index contributed by atoms with van der Waals surface area (Å²) in [6, 6.07) is 10.4. The fourth-order valence-electron chi connectivity index (χ4n) is 1.86. The second-order valence-electron chi connectivity index (χ2n) is 5.50. The molecule has 4 rings (SSSR count). The third kappa shape index (κ3) is 8.00. The van der Waals surface area contributed by atoms with Gasteiger partial charge in [-0.05, 0) is 24.3 Å². The summed E-state index contributed by atoms with van der Waals surface area (Å²) in [5.41, 5.74) is 5.34. The molecule has 4 heterocycles. The zero-order valence-corrected chi connectivity index (χ0v) is 18.8. The maximum atomic E-state index is 12.0. The van der Waals surface area contributed by atoms with E-state index < -0.39 is 5.95 Å². The summed E-state index contributed by atoms with van der Waals surface area (Å²) in [6.45, 7) is 0. The molecule has 0 aliphatic heterocycles. The van der Waals surface area contributed by atoms with Crippen LogP contribution in [0.3, 0.4) is 0 Å². The molecule has 0 spiro atoms. The number of hydrogen-bond donors (Lipinski definition) is 2. The number of nitrogens with zero attached hydrogens (tertiary/aromatic N) is 6. The van der Waals surface area contributed by atoms with Crippen LogP contribution in [0.15, 0.2) is 70.1 Å². The van der Waals surface area contributed by atoms with Crippen LogP contribution in [0, 0.1) is 5.95 Å². The highest BCUT2D eigenvalue weighted by molar-refractivity contribution is 9.10. The van der Waals surface area contributed by atoms with Crippen molar-refractivity contribution in [3.05, 3.63) is 76.1 Å². The van der Waals surface area contributed by atoms with Crippen molar-refractivity contribution in [3.63, 3.8) is 0 Å². The minimum Gasteiger partial charge on any atom is -0.384 e. The Labute approximate surface area is 184 Å². The summed E-state index contributed by atoms with van der Waals surface area (Å²) in [7, 11) is 3.68. The van der Waals surface area contributed by atoms with Gasteiger partial charge in [0.25, 0.3) is 0 Å². The first-order chi connectivity index (χ1) is 13.8. The van der Waals surface area contributed by atoms with Gasteiger partial charge in [0.15, 0.2) is 0 Å². The van der Waals surface area contributed by atoms with Crippen molar-refractivity contribution in [3.8, 4) is 0 Å². The summed E-state index contributed by atoms with van der Waals surface area (Å²) in [5, 5.41) is 11.0. The fourth-order valence-corrected chi connectivity index (χ4v) is 2.51. The van der Waals surface area contributed by atoms with Crippen LogP contribution < -0.4 is 11.1 Å². The molecule has 0 bridgehead atoms. The van der Waals surface area contributed by atoms with Crippen molar-refractivity contribution in [2.75, 3.05) is 11.1 Å². The van der Waals surface area contributed by atoms with Crippen molar-refractivity contribution >= 4 is 49.3 Å². The monoisotopic (exact) mass is 524 g/mol. The van der Waals surface area contributed by atoms with E-state index in [-0.39, 0.29) is 0 Å². The fraction of sp³-hybridized carbons (Fsp3) is 0.111. The van der Waals surface area contributed by atoms with Gasteiger partial charge in [0, 0.05) is 47.6 Å². The second kappa shape index (κ2) is 11.3. The first-order valence-corrected chi connectivity index (χ1v) is 9.81. The number of aromatic nitrogens is 6. The Morgan fingerprint density at radius 1 is 0.862 bits per heavy atom. The number of nitrogens with one attached hydrogen (secondary N) is 1. The normalized spacial score (nSPS) is 9.69. The topological polar surface area (TPSA) is 99.5 Å². The number of nitrogens with two attached hydrogens (primary N) is 1. The highest BCUT2D eigenvalue weighted by atomic mass is 79.9. The van der Waals surface area contributed by atoms with Crippen LogP contribution in [-0.4, -0.2) is 29.5 Å². The summed E-state index contributed by atoms with van der Waals surface area (Å²) >= 11 is 6.46. The molecule has 0 fully saturated rings. The molecule has 11 heteroatoms. The number of halogens is 3. The van der Waals surface area contributed by atoms with Gasteiger partial charge in [0.05, 0.1) is 12.4 Å². The quantitative estimate of drug-likeness (QED) is 0.378. The Hall–Kier alpha value is -2.79. The largest absolute Gasteiger partial charge is 0.384 e. The molecule has 8 nitrogen and oxygen atoms in total. The van der Waals surface area contributed by atoms with E-state index in [1.165, 1.54) is 12.3 Å². The molecule has 0 saturated carbocycles. The molecule has 4 aromatic heterocycles. The lowest BCUT2D eigenvalue weighted by Crippen LogP contribution is -2.00. The zero-order valence-electron chi connectivity index (χ0n) is 15.7. The number of aryl methyl sites for hydroxylation is 2. The summed E-state index contributed by atoms with van der Waals surface area (Å²) in [6.07, 6.45) is 6.54. The number of pyridine rings is 2. The average Bonchev–Trinajstić information content (AvgIpc) is 3.24. The number of rotatable bonds is 2. The summed E-state index contributed by atoms with van der Waals surface area (Å²) in [4.78, 5) is 7.52. The van der Waals surface area contributed by atoms with Crippen LogP contribution in [0.4, 0.5) is 21.8 Å². The molecule has 0 saturated heterocycles. The van der Waals surface area contributed by atoms with Crippen LogP contribution >= 0.6 is 31.9 Å².